The van der Waals surface area contributed by atoms with Crippen LogP contribution in [0.25, 0.3) is 0 Å². The highest BCUT2D eigenvalue weighted by Gasteiger charge is 2.12. The smallest absolute Gasteiger partial charge is 0.0521 e. The highest BCUT2D eigenvalue weighted by Crippen LogP contribution is 2.19. The van der Waals surface area contributed by atoms with Crippen LogP contribution in [0.2, 0.25) is 0 Å². The zero-order valence-corrected chi connectivity index (χ0v) is 11.1. The van der Waals surface area contributed by atoms with Gasteiger partial charge < -0.3 is 5.32 Å². The summed E-state index contributed by atoms with van der Waals surface area (Å²) in [6.45, 7) is 4.03. The van der Waals surface area contributed by atoms with Gasteiger partial charge in [-0.05, 0) is 31.5 Å². The molecule has 0 saturated carbocycles. The fourth-order valence-corrected chi connectivity index (χ4v) is 2.25. The third-order valence-electron chi connectivity index (χ3n) is 3.21. The largest absolute Gasteiger partial charge is 0.319 e. The van der Waals surface area contributed by atoms with E-state index in [1.807, 2.05) is 17.9 Å². The number of rotatable bonds is 6. The number of nitrogens with zero attached hydrogens (tertiary/aromatic N) is 2. The van der Waals surface area contributed by atoms with E-state index < -0.39 is 0 Å². The van der Waals surface area contributed by atoms with Crippen molar-refractivity contribution in [3.63, 3.8) is 0 Å². The summed E-state index contributed by atoms with van der Waals surface area (Å²) in [4.78, 5) is 0. The SMILES string of the molecule is CCn1cc(CC(CNC)c2ccccc2)cn1. The monoisotopic (exact) mass is 243 g/mol. The van der Waals surface area contributed by atoms with Gasteiger partial charge in [-0.15, -0.1) is 0 Å². The standard InChI is InChI=1S/C15H21N3/c1-3-18-12-13(10-17-18)9-15(11-16-2)14-7-5-4-6-8-14/h4-8,10,12,15-16H,3,9,11H2,1-2H3. The fourth-order valence-electron chi connectivity index (χ4n) is 2.25. The first-order valence-electron chi connectivity index (χ1n) is 6.54. The molecule has 1 aromatic carbocycles. The molecule has 0 amide bonds. The van der Waals surface area contributed by atoms with Gasteiger partial charge in [-0.25, -0.2) is 0 Å². The van der Waals surface area contributed by atoms with Crippen LogP contribution in [0.5, 0.6) is 0 Å². The molecule has 3 heteroatoms. The molecular formula is C15H21N3. The zero-order chi connectivity index (χ0) is 12.8. The van der Waals surface area contributed by atoms with Crippen molar-refractivity contribution in [2.75, 3.05) is 13.6 Å². The molecule has 0 saturated heterocycles. The molecule has 0 aliphatic heterocycles. The van der Waals surface area contributed by atoms with E-state index >= 15 is 0 Å². The van der Waals surface area contributed by atoms with Crippen molar-refractivity contribution in [3.8, 4) is 0 Å². The number of aromatic nitrogens is 2. The Kier molecular flexibility index (Phi) is 4.53. The van der Waals surface area contributed by atoms with Crippen molar-refractivity contribution in [2.24, 2.45) is 0 Å². The van der Waals surface area contributed by atoms with Gasteiger partial charge in [0.15, 0.2) is 0 Å². The van der Waals surface area contributed by atoms with Crippen LogP contribution in [0.1, 0.15) is 24.0 Å². The minimum atomic E-state index is 0.505. The molecule has 0 spiro atoms. The number of hydrogen-bond donors (Lipinski definition) is 1. The van der Waals surface area contributed by atoms with Crippen LogP contribution in [0.4, 0.5) is 0 Å². The lowest BCUT2D eigenvalue weighted by Gasteiger charge is -2.16. The van der Waals surface area contributed by atoms with E-state index in [4.69, 9.17) is 0 Å². The Morgan fingerprint density at radius 1 is 1.28 bits per heavy atom. The second-order valence-electron chi connectivity index (χ2n) is 4.57. The number of aryl methyl sites for hydroxylation is 1. The van der Waals surface area contributed by atoms with Gasteiger partial charge in [-0.3, -0.25) is 4.68 Å². The highest BCUT2D eigenvalue weighted by atomic mass is 15.3. The van der Waals surface area contributed by atoms with Crippen LogP contribution in [-0.2, 0) is 13.0 Å². The van der Waals surface area contributed by atoms with E-state index in [1.165, 1.54) is 11.1 Å². The lowest BCUT2D eigenvalue weighted by molar-refractivity contribution is 0.623. The summed E-state index contributed by atoms with van der Waals surface area (Å²) in [5, 5.41) is 7.62. The van der Waals surface area contributed by atoms with Crippen LogP contribution in [-0.4, -0.2) is 23.4 Å². The van der Waals surface area contributed by atoms with E-state index in [9.17, 15) is 0 Å². The predicted octanol–water partition coefficient (Wildman–Crippen LogP) is 2.45. The molecule has 0 aliphatic rings. The maximum atomic E-state index is 4.34. The maximum absolute atomic E-state index is 4.34. The first-order valence-corrected chi connectivity index (χ1v) is 6.54. The molecule has 2 rings (SSSR count). The summed E-state index contributed by atoms with van der Waals surface area (Å²) in [6.07, 6.45) is 5.16. The minimum Gasteiger partial charge on any atom is -0.319 e. The van der Waals surface area contributed by atoms with Crippen molar-refractivity contribution in [3.05, 3.63) is 53.9 Å². The normalized spacial score (nSPS) is 12.6. The number of hydrogen-bond acceptors (Lipinski definition) is 2. The number of benzene rings is 1. The van der Waals surface area contributed by atoms with Crippen LogP contribution in [0, 0.1) is 0 Å². The van der Waals surface area contributed by atoms with Crippen molar-refractivity contribution in [1.82, 2.24) is 15.1 Å². The van der Waals surface area contributed by atoms with Gasteiger partial charge in [0.25, 0.3) is 0 Å². The topological polar surface area (TPSA) is 29.9 Å². The van der Waals surface area contributed by atoms with Crippen molar-refractivity contribution in [1.29, 1.82) is 0 Å². The van der Waals surface area contributed by atoms with Crippen molar-refractivity contribution >= 4 is 0 Å². The Hall–Kier alpha value is -1.61. The molecule has 2 aromatic rings. The summed E-state index contributed by atoms with van der Waals surface area (Å²) in [5.74, 6) is 0.505. The van der Waals surface area contributed by atoms with Gasteiger partial charge in [0.1, 0.15) is 0 Å². The Morgan fingerprint density at radius 3 is 2.67 bits per heavy atom. The molecule has 0 fully saturated rings. The van der Waals surface area contributed by atoms with E-state index in [0.29, 0.717) is 5.92 Å². The van der Waals surface area contributed by atoms with Crippen LogP contribution >= 0.6 is 0 Å². The molecule has 0 radical (unpaired) electrons. The molecule has 3 nitrogen and oxygen atoms in total. The molecule has 1 N–H and O–H groups in total. The summed E-state index contributed by atoms with van der Waals surface area (Å²) in [5.41, 5.74) is 2.69. The summed E-state index contributed by atoms with van der Waals surface area (Å²) < 4.78 is 1.98. The minimum absolute atomic E-state index is 0.505. The molecule has 0 aliphatic carbocycles. The Balaban J connectivity index is 2.11. The third-order valence-corrected chi connectivity index (χ3v) is 3.21. The number of likely N-dealkylation sites (N-methyl/N-ethyl adjacent to an activating group) is 1. The molecule has 1 unspecified atom stereocenters. The van der Waals surface area contributed by atoms with E-state index in [1.54, 1.807) is 0 Å². The predicted molar refractivity (Wildman–Crippen MR) is 74.7 cm³/mol. The molecular weight excluding hydrogens is 222 g/mol. The Bertz CT molecular complexity index is 462. The molecule has 0 bridgehead atoms. The number of nitrogens with one attached hydrogen (secondary N) is 1. The molecule has 1 atom stereocenters. The summed E-state index contributed by atoms with van der Waals surface area (Å²) in [7, 11) is 2.01. The van der Waals surface area contributed by atoms with E-state index in [2.05, 4.69) is 53.9 Å². The molecule has 1 aromatic heterocycles. The third kappa shape index (κ3) is 3.20. The Labute approximate surface area is 109 Å². The first-order chi connectivity index (χ1) is 8.83. The van der Waals surface area contributed by atoms with Gasteiger partial charge >= 0.3 is 0 Å². The van der Waals surface area contributed by atoms with Crippen LogP contribution in [0.3, 0.4) is 0 Å². The Morgan fingerprint density at radius 2 is 2.06 bits per heavy atom. The van der Waals surface area contributed by atoms with Gasteiger partial charge in [0.05, 0.1) is 6.20 Å². The van der Waals surface area contributed by atoms with Gasteiger partial charge in [0.2, 0.25) is 0 Å². The molecule has 96 valence electrons. The maximum Gasteiger partial charge on any atom is 0.0521 e. The van der Waals surface area contributed by atoms with Crippen molar-refractivity contribution < 1.29 is 0 Å². The molecule has 1 heterocycles. The zero-order valence-electron chi connectivity index (χ0n) is 11.1. The quantitative estimate of drug-likeness (QED) is 0.844. The summed E-state index contributed by atoms with van der Waals surface area (Å²) in [6, 6.07) is 10.7. The van der Waals surface area contributed by atoms with Crippen molar-refractivity contribution in [2.45, 2.75) is 25.8 Å². The second-order valence-corrected chi connectivity index (χ2v) is 4.57. The summed E-state index contributed by atoms with van der Waals surface area (Å²) >= 11 is 0. The van der Waals surface area contributed by atoms with E-state index in [0.717, 1.165) is 19.5 Å². The van der Waals surface area contributed by atoms with Gasteiger partial charge in [-0.2, -0.15) is 5.10 Å². The van der Waals surface area contributed by atoms with Crippen LogP contribution in [0.15, 0.2) is 42.7 Å². The van der Waals surface area contributed by atoms with Crippen LogP contribution < -0.4 is 5.32 Å². The average Bonchev–Trinajstić information content (AvgIpc) is 2.87. The second kappa shape index (κ2) is 6.36. The lowest BCUT2D eigenvalue weighted by Crippen LogP contribution is -2.19. The highest BCUT2D eigenvalue weighted by molar-refractivity contribution is 5.22. The fraction of sp³-hybridized carbons (Fsp3) is 0.400. The average molecular weight is 243 g/mol. The van der Waals surface area contributed by atoms with Gasteiger partial charge in [-0.1, -0.05) is 30.3 Å². The van der Waals surface area contributed by atoms with Gasteiger partial charge in [0, 0.05) is 25.2 Å². The van der Waals surface area contributed by atoms with E-state index in [-0.39, 0.29) is 0 Å². The molecule has 18 heavy (non-hydrogen) atoms. The first kappa shape index (κ1) is 12.8. The lowest BCUT2D eigenvalue weighted by atomic mass is 9.93.